The lowest BCUT2D eigenvalue weighted by atomic mass is 10.4. The fraction of sp³-hybridized carbons (Fsp3) is 0. The number of hydrogen-bond acceptors (Lipinski definition) is 4. The number of sulfonamides is 1. The van der Waals surface area contributed by atoms with Crippen LogP contribution in [0.15, 0.2) is 35.5 Å². The van der Waals surface area contributed by atoms with Crippen LogP contribution in [0.25, 0.3) is 0 Å². The minimum absolute atomic E-state index is 0.0376. The summed E-state index contributed by atoms with van der Waals surface area (Å²) in [5.74, 6) is 0. The predicted molar refractivity (Wildman–Crippen MR) is 82.0 cm³/mol. The lowest BCUT2D eigenvalue weighted by Crippen LogP contribution is -2.14. The van der Waals surface area contributed by atoms with Gasteiger partial charge in [-0.3, -0.25) is 4.72 Å². The summed E-state index contributed by atoms with van der Waals surface area (Å²) >= 11 is 13.7. The van der Waals surface area contributed by atoms with Gasteiger partial charge in [0.2, 0.25) is 0 Å². The van der Waals surface area contributed by atoms with Crippen LogP contribution in [0.4, 0.5) is 5.69 Å². The molecule has 0 aliphatic carbocycles. The van der Waals surface area contributed by atoms with Crippen molar-refractivity contribution in [2.24, 2.45) is 0 Å². The van der Waals surface area contributed by atoms with Crippen molar-refractivity contribution in [1.29, 1.82) is 0 Å². The van der Waals surface area contributed by atoms with E-state index in [9.17, 15) is 8.42 Å². The molecule has 0 unspecified atom stereocenters. The summed E-state index contributed by atoms with van der Waals surface area (Å²) in [6, 6.07) is 6.32. The Labute approximate surface area is 133 Å². The van der Waals surface area contributed by atoms with Crippen molar-refractivity contribution in [3.63, 3.8) is 0 Å². The molecule has 1 aromatic carbocycles. The van der Waals surface area contributed by atoms with Crippen molar-refractivity contribution in [1.82, 2.24) is 9.97 Å². The second kappa shape index (κ2) is 5.78. The highest BCUT2D eigenvalue weighted by atomic mass is 127. The summed E-state index contributed by atoms with van der Waals surface area (Å²) in [4.78, 5) is 7.45. The van der Waals surface area contributed by atoms with Crippen LogP contribution in [-0.4, -0.2) is 18.4 Å². The molecular weight excluding hydrogens is 424 g/mol. The van der Waals surface area contributed by atoms with Gasteiger partial charge in [-0.1, -0.05) is 23.2 Å². The van der Waals surface area contributed by atoms with E-state index in [-0.39, 0.29) is 20.9 Å². The fourth-order valence-corrected chi connectivity index (χ4v) is 3.19. The van der Waals surface area contributed by atoms with Gasteiger partial charge < -0.3 is 0 Å². The Morgan fingerprint density at radius 1 is 1.05 bits per heavy atom. The van der Waals surface area contributed by atoms with Crippen LogP contribution in [0.5, 0.6) is 0 Å². The number of halogens is 3. The van der Waals surface area contributed by atoms with E-state index in [4.69, 9.17) is 23.2 Å². The van der Waals surface area contributed by atoms with Crippen LogP contribution in [0, 0.1) is 3.57 Å². The summed E-state index contributed by atoms with van der Waals surface area (Å²) in [5, 5.41) is -0.122. The van der Waals surface area contributed by atoms with Gasteiger partial charge in [-0.25, -0.2) is 18.4 Å². The normalized spacial score (nSPS) is 11.3. The highest BCUT2D eigenvalue weighted by Crippen LogP contribution is 2.28. The molecule has 0 spiro atoms. The zero-order valence-corrected chi connectivity index (χ0v) is 13.6. The first-order chi connectivity index (χ1) is 8.90. The van der Waals surface area contributed by atoms with E-state index in [1.807, 2.05) is 0 Å². The van der Waals surface area contributed by atoms with Crippen LogP contribution in [0.3, 0.4) is 0 Å². The monoisotopic (exact) mass is 429 g/mol. The molecule has 1 aromatic heterocycles. The smallest absolute Gasteiger partial charge is 0.262 e. The minimum atomic E-state index is -3.78. The molecule has 19 heavy (non-hydrogen) atoms. The molecule has 9 heteroatoms. The Balaban J connectivity index is 2.39. The van der Waals surface area contributed by atoms with Crippen LogP contribution < -0.4 is 4.72 Å². The lowest BCUT2D eigenvalue weighted by Gasteiger charge is -2.09. The van der Waals surface area contributed by atoms with Gasteiger partial charge in [-0.05, 0) is 46.9 Å². The van der Waals surface area contributed by atoms with Crippen molar-refractivity contribution in [3.8, 4) is 0 Å². The standard InChI is InChI=1S/C10H6Cl2IN3O2S/c11-9-8(10(12)15-5-14-9)16-19(17,18)7-3-1-6(13)2-4-7/h1-5,16H. The second-order valence-electron chi connectivity index (χ2n) is 3.39. The number of rotatable bonds is 3. The molecule has 0 atom stereocenters. The molecule has 0 bridgehead atoms. The summed E-state index contributed by atoms with van der Waals surface area (Å²) in [7, 11) is -3.78. The molecule has 1 N–H and O–H groups in total. The maximum absolute atomic E-state index is 12.1. The zero-order chi connectivity index (χ0) is 14.0. The number of hydrogen-bond donors (Lipinski definition) is 1. The number of anilines is 1. The predicted octanol–water partition coefficient (Wildman–Crippen LogP) is 3.19. The molecule has 1 heterocycles. The van der Waals surface area contributed by atoms with E-state index in [1.54, 1.807) is 12.1 Å². The van der Waals surface area contributed by atoms with E-state index in [0.717, 1.165) is 9.90 Å². The van der Waals surface area contributed by atoms with Crippen molar-refractivity contribution >= 4 is 61.5 Å². The average Bonchev–Trinajstić information content (AvgIpc) is 2.35. The second-order valence-corrected chi connectivity index (χ2v) is 7.03. The summed E-state index contributed by atoms with van der Waals surface area (Å²) in [5.41, 5.74) is -0.0376. The lowest BCUT2D eigenvalue weighted by molar-refractivity contribution is 0.601. The third kappa shape index (κ3) is 3.47. The van der Waals surface area contributed by atoms with Crippen molar-refractivity contribution < 1.29 is 8.42 Å². The molecule has 0 amide bonds. The van der Waals surface area contributed by atoms with Crippen LogP contribution >= 0.6 is 45.8 Å². The Morgan fingerprint density at radius 2 is 1.58 bits per heavy atom. The fourth-order valence-electron chi connectivity index (χ4n) is 1.24. The third-order valence-corrected chi connectivity index (χ3v) is 4.77. The third-order valence-electron chi connectivity index (χ3n) is 2.12. The quantitative estimate of drug-likeness (QED) is 0.600. The van der Waals surface area contributed by atoms with E-state index in [2.05, 4.69) is 37.3 Å². The first-order valence-electron chi connectivity index (χ1n) is 4.84. The minimum Gasteiger partial charge on any atom is -0.274 e. The number of nitrogens with zero attached hydrogens (tertiary/aromatic N) is 2. The highest BCUT2D eigenvalue weighted by molar-refractivity contribution is 14.1. The van der Waals surface area contributed by atoms with Gasteiger partial charge in [0.1, 0.15) is 12.0 Å². The zero-order valence-electron chi connectivity index (χ0n) is 9.14. The molecule has 0 aliphatic heterocycles. The molecule has 0 aliphatic rings. The molecule has 2 aromatic rings. The van der Waals surface area contributed by atoms with Gasteiger partial charge in [0, 0.05) is 3.57 Å². The van der Waals surface area contributed by atoms with Crippen LogP contribution in [0.2, 0.25) is 10.3 Å². The van der Waals surface area contributed by atoms with Gasteiger partial charge in [0.15, 0.2) is 10.3 Å². The first kappa shape index (κ1) is 14.8. The van der Waals surface area contributed by atoms with Crippen LogP contribution in [-0.2, 0) is 10.0 Å². The molecule has 0 saturated carbocycles. The Kier molecular flexibility index (Phi) is 4.49. The van der Waals surface area contributed by atoms with Gasteiger partial charge >= 0.3 is 0 Å². The summed E-state index contributed by atoms with van der Waals surface area (Å²) in [6.45, 7) is 0. The molecule has 5 nitrogen and oxygen atoms in total. The van der Waals surface area contributed by atoms with E-state index in [1.165, 1.54) is 12.1 Å². The SMILES string of the molecule is O=S(=O)(Nc1c(Cl)ncnc1Cl)c1ccc(I)cc1. The molecular formula is C10H6Cl2IN3O2S. The molecule has 0 radical (unpaired) electrons. The van der Waals surface area contributed by atoms with E-state index < -0.39 is 10.0 Å². The number of nitrogens with one attached hydrogen (secondary N) is 1. The molecule has 100 valence electrons. The van der Waals surface area contributed by atoms with E-state index in [0.29, 0.717) is 0 Å². The number of benzene rings is 1. The van der Waals surface area contributed by atoms with Crippen LogP contribution in [0.1, 0.15) is 0 Å². The summed E-state index contributed by atoms with van der Waals surface area (Å²) in [6.07, 6.45) is 1.15. The Hall–Kier alpha value is -0.640. The topological polar surface area (TPSA) is 72.0 Å². The number of aromatic nitrogens is 2. The molecule has 2 rings (SSSR count). The first-order valence-corrected chi connectivity index (χ1v) is 8.16. The average molecular weight is 430 g/mol. The van der Waals surface area contributed by atoms with Crippen molar-refractivity contribution in [2.75, 3.05) is 4.72 Å². The van der Waals surface area contributed by atoms with Gasteiger partial charge in [-0.2, -0.15) is 0 Å². The Morgan fingerprint density at radius 3 is 2.11 bits per heavy atom. The largest absolute Gasteiger partial charge is 0.274 e. The summed E-state index contributed by atoms with van der Waals surface area (Å²) < 4.78 is 27.5. The van der Waals surface area contributed by atoms with E-state index >= 15 is 0 Å². The van der Waals surface area contributed by atoms with Crippen molar-refractivity contribution in [2.45, 2.75) is 4.90 Å². The maximum atomic E-state index is 12.1. The highest BCUT2D eigenvalue weighted by Gasteiger charge is 2.18. The molecule has 0 fully saturated rings. The van der Waals surface area contributed by atoms with Gasteiger partial charge in [-0.15, -0.1) is 0 Å². The maximum Gasteiger partial charge on any atom is 0.262 e. The Bertz CT molecular complexity index is 687. The van der Waals surface area contributed by atoms with Gasteiger partial charge in [0.05, 0.1) is 4.90 Å². The van der Waals surface area contributed by atoms with Gasteiger partial charge in [0.25, 0.3) is 10.0 Å². The van der Waals surface area contributed by atoms with Crippen molar-refractivity contribution in [3.05, 3.63) is 44.5 Å². The molecule has 0 saturated heterocycles.